The van der Waals surface area contributed by atoms with Crippen LogP contribution in [0.5, 0.6) is 0 Å². The predicted octanol–water partition coefficient (Wildman–Crippen LogP) is 3.13. The van der Waals surface area contributed by atoms with Crippen LogP contribution in [-0.2, 0) is 14.8 Å². The van der Waals surface area contributed by atoms with Gasteiger partial charge in [-0.25, -0.2) is 8.42 Å². The Kier molecular flexibility index (Phi) is 5.94. The third-order valence-electron chi connectivity index (χ3n) is 4.51. The molecule has 5 nitrogen and oxygen atoms in total. The molecule has 1 aliphatic rings. The monoisotopic (exact) mass is 366 g/mol. The lowest BCUT2D eigenvalue weighted by molar-refractivity contribution is -0.127. The number of hydrogen-bond acceptors (Lipinski definition) is 3. The van der Waals surface area contributed by atoms with Crippen LogP contribution in [0.1, 0.15) is 58.9 Å². The fourth-order valence-corrected chi connectivity index (χ4v) is 4.47. The van der Waals surface area contributed by atoms with E-state index in [9.17, 15) is 13.2 Å². The molecule has 0 aliphatic carbocycles. The first-order valence-electron chi connectivity index (χ1n) is 8.93. The topological polar surface area (TPSA) is 66.5 Å². The summed E-state index contributed by atoms with van der Waals surface area (Å²) in [4.78, 5) is 12.6. The highest BCUT2D eigenvalue weighted by Gasteiger charge is 2.33. The molecule has 0 radical (unpaired) electrons. The Morgan fingerprint density at radius 3 is 2.08 bits per heavy atom. The van der Waals surface area contributed by atoms with Gasteiger partial charge in [0, 0.05) is 24.5 Å². The summed E-state index contributed by atoms with van der Waals surface area (Å²) >= 11 is 0. The molecule has 0 unspecified atom stereocenters. The second-order valence-electron chi connectivity index (χ2n) is 8.14. The number of amides is 1. The van der Waals surface area contributed by atoms with Gasteiger partial charge in [0.05, 0.1) is 4.90 Å². The highest BCUT2D eigenvalue weighted by molar-refractivity contribution is 7.89. The molecule has 140 valence electrons. The van der Waals surface area contributed by atoms with Gasteiger partial charge in [-0.3, -0.25) is 4.79 Å². The number of carbonyl (C=O) groups excluding carboxylic acids is 1. The van der Waals surface area contributed by atoms with Crippen LogP contribution in [0.3, 0.4) is 0 Å². The van der Waals surface area contributed by atoms with E-state index < -0.39 is 10.0 Å². The number of benzene rings is 1. The molecule has 0 atom stereocenters. The molecule has 6 heteroatoms. The van der Waals surface area contributed by atoms with Crippen molar-refractivity contribution in [2.24, 2.45) is 5.92 Å². The third kappa shape index (κ3) is 5.05. The lowest BCUT2D eigenvalue weighted by Crippen LogP contribution is -2.47. The predicted molar refractivity (Wildman–Crippen MR) is 99.9 cm³/mol. The van der Waals surface area contributed by atoms with Gasteiger partial charge >= 0.3 is 0 Å². The van der Waals surface area contributed by atoms with Crippen LogP contribution < -0.4 is 5.32 Å². The van der Waals surface area contributed by atoms with Crippen molar-refractivity contribution in [1.29, 1.82) is 0 Å². The highest BCUT2D eigenvalue weighted by atomic mass is 32.2. The molecule has 0 saturated carbocycles. The molecular weight excluding hydrogens is 336 g/mol. The summed E-state index contributed by atoms with van der Waals surface area (Å²) in [7, 11) is -3.49. The van der Waals surface area contributed by atoms with Gasteiger partial charge in [-0.15, -0.1) is 0 Å². The molecule has 0 bridgehead atoms. The highest BCUT2D eigenvalue weighted by Crippen LogP contribution is 2.25. The Hall–Kier alpha value is -1.40. The van der Waals surface area contributed by atoms with E-state index in [2.05, 4.69) is 19.2 Å². The zero-order chi connectivity index (χ0) is 18.8. The van der Waals surface area contributed by atoms with E-state index in [-0.39, 0.29) is 17.4 Å². The maximum absolute atomic E-state index is 12.8. The maximum atomic E-state index is 12.8. The number of hydrogen-bond donors (Lipinski definition) is 1. The zero-order valence-corrected chi connectivity index (χ0v) is 16.7. The molecule has 1 amide bonds. The van der Waals surface area contributed by atoms with Crippen molar-refractivity contribution in [3.63, 3.8) is 0 Å². The quantitative estimate of drug-likeness (QED) is 0.890. The van der Waals surface area contributed by atoms with Crippen LogP contribution in [0.15, 0.2) is 29.2 Å². The zero-order valence-electron chi connectivity index (χ0n) is 15.9. The van der Waals surface area contributed by atoms with Crippen molar-refractivity contribution in [1.82, 2.24) is 9.62 Å². The average Bonchev–Trinajstić information content (AvgIpc) is 2.53. The smallest absolute Gasteiger partial charge is 0.243 e. The van der Waals surface area contributed by atoms with Gasteiger partial charge < -0.3 is 5.32 Å². The van der Waals surface area contributed by atoms with Gasteiger partial charge in [-0.1, -0.05) is 26.0 Å². The fraction of sp³-hybridized carbons (Fsp3) is 0.632. The fourth-order valence-electron chi connectivity index (χ4n) is 3.00. The van der Waals surface area contributed by atoms with Gasteiger partial charge in [0.1, 0.15) is 0 Å². The van der Waals surface area contributed by atoms with Crippen molar-refractivity contribution < 1.29 is 13.2 Å². The van der Waals surface area contributed by atoms with E-state index in [4.69, 9.17) is 0 Å². The summed E-state index contributed by atoms with van der Waals surface area (Å²) < 4.78 is 27.1. The van der Waals surface area contributed by atoms with E-state index in [0.717, 1.165) is 5.56 Å². The first kappa shape index (κ1) is 19.9. The minimum Gasteiger partial charge on any atom is -0.351 e. The van der Waals surface area contributed by atoms with Crippen molar-refractivity contribution in [2.45, 2.75) is 63.8 Å². The normalized spacial score (nSPS) is 17.7. The molecule has 1 saturated heterocycles. The number of nitrogens with zero attached hydrogens (tertiary/aromatic N) is 1. The SMILES string of the molecule is CC(C)c1ccc(S(=O)(=O)N2CCC(C(=O)NC(C)(C)C)CC2)cc1. The van der Waals surface area contributed by atoms with Crippen LogP contribution in [-0.4, -0.2) is 37.3 Å². The number of carbonyl (C=O) groups is 1. The second-order valence-corrected chi connectivity index (χ2v) is 10.1. The molecule has 1 aromatic rings. The number of sulfonamides is 1. The molecule has 1 aliphatic heterocycles. The molecule has 1 heterocycles. The van der Waals surface area contributed by atoms with Gasteiger partial charge in [0.2, 0.25) is 15.9 Å². The lowest BCUT2D eigenvalue weighted by Gasteiger charge is -2.32. The molecule has 1 N–H and O–H groups in total. The average molecular weight is 367 g/mol. The number of nitrogens with one attached hydrogen (secondary N) is 1. The Morgan fingerprint density at radius 1 is 1.12 bits per heavy atom. The number of rotatable bonds is 4. The maximum Gasteiger partial charge on any atom is 0.243 e. The van der Waals surface area contributed by atoms with Gasteiger partial charge in [0.25, 0.3) is 0 Å². The standard InChI is InChI=1S/C19H30N2O3S/c1-14(2)15-6-8-17(9-7-15)25(23,24)21-12-10-16(11-13-21)18(22)20-19(3,4)5/h6-9,14,16H,10-13H2,1-5H3,(H,20,22). The molecule has 1 aromatic carbocycles. The van der Waals surface area contributed by atoms with E-state index in [1.807, 2.05) is 32.9 Å². The Labute approximate surface area is 151 Å². The summed E-state index contributed by atoms with van der Waals surface area (Å²) in [5.41, 5.74) is 0.856. The van der Waals surface area contributed by atoms with Crippen LogP contribution >= 0.6 is 0 Å². The summed E-state index contributed by atoms with van der Waals surface area (Å²) in [6.07, 6.45) is 1.12. The Balaban J connectivity index is 2.02. The van der Waals surface area contributed by atoms with E-state index >= 15 is 0 Å². The van der Waals surface area contributed by atoms with Crippen molar-refractivity contribution in [3.8, 4) is 0 Å². The summed E-state index contributed by atoms with van der Waals surface area (Å²) in [5, 5.41) is 2.98. The molecular formula is C19H30N2O3S. The van der Waals surface area contributed by atoms with E-state index in [1.165, 1.54) is 4.31 Å². The second kappa shape index (κ2) is 7.46. The first-order chi connectivity index (χ1) is 11.5. The van der Waals surface area contributed by atoms with Crippen LogP contribution in [0.4, 0.5) is 0 Å². The van der Waals surface area contributed by atoms with Crippen molar-refractivity contribution in [2.75, 3.05) is 13.1 Å². The Bertz CT molecular complexity index is 695. The van der Waals surface area contributed by atoms with Crippen molar-refractivity contribution in [3.05, 3.63) is 29.8 Å². The van der Waals surface area contributed by atoms with Crippen LogP contribution in [0.2, 0.25) is 0 Å². The Morgan fingerprint density at radius 2 is 1.64 bits per heavy atom. The van der Waals surface area contributed by atoms with E-state index in [1.54, 1.807) is 12.1 Å². The third-order valence-corrected chi connectivity index (χ3v) is 6.42. The summed E-state index contributed by atoms with van der Waals surface area (Å²) in [5.74, 6) is 0.272. The van der Waals surface area contributed by atoms with Gasteiger partial charge in [0.15, 0.2) is 0 Å². The van der Waals surface area contributed by atoms with Crippen LogP contribution in [0.25, 0.3) is 0 Å². The van der Waals surface area contributed by atoms with Crippen molar-refractivity contribution >= 4 is 15.9 Å². The molecule has 25 heavy (non-hydrogen) atoms. The summed E-state index contributed by atoms with van der Waals surface area (Å²) in [6, 6.07) is 7.12. The largest absolute Gasteiger partial charge is 0.351 e. The first-order valence-corrected chi connectivity index (χ1v) is 10.4. The molecule has 0 aromatic heterocycles. The van der Waals surface area contributed by atoms with E-state index in [0.29, 0.717) is 36.7 Å². The minimum atomic E-state index is -3.49. The minimum absolute atomic E-state index is 0.0193. The number of piperidine rings is 1. The van der Waals surface area contributed by atoms with Gasteiger partial charge in [-0.05, 0) is 57.2 Å². The van der Waals surface area contributed by atoms with Gasteiger partial charge in [-0.2, -0.15) is 4.31 Å². The molecule has 1 fully saturated rings. The summed E-state index contributed by atoms with van der Waals surface area (Å²) in [6.45, 7) is 10.8. The lowest BCUT2D eigenvalue weighted by atomic mass is 9.96. The molecule has 2 rings (SSSR count). The van der Waals surface area contributed by atoms with Crippen LogP contribution in [0, 0.1) is 5.92 Å². The molecule has 0 spiro atoms.